The Morgan fingerprint density at radius 2 is 1.69 bits per heavy atom. The minimum Gasteiger partial charge on any atom is -0.495 e. The van der Waals surface area contributed by atoms with Crippen LogP contribution in [0.1, 0.15) is 12.0 Å². The van der Waals surface area contributed by atoms with Crippen molar-refractivity contribution in [1.82, 2.24) is 5.32 Å². The number of rotatable bonds is 8. The number of halogens is 1. The zero-order valence-corrected chi connectivity index (χ0v) is 17.3. The van der Waals surface area contributed by atoms with Crippen LogP contribution < -0.4 is 24.4 Å². The van der Waals surface area contributed by atoms with Crippen LogP contribution in [0, 0.1) is 0 Å². The first kappa shape index (κ1) is 21.0. The number of amides is 2. The fourth-order valence-corrected chi connectivity index (χ4v) is 3.54. The molecule has 1 aliphatic rings. The van der Waals surface area contributed by atoms with E-state index in [9.17, 15) is 9.59 Å². The molecule has 0 aliphatic carbocycles. The van der Waals surface area contributed by atoms with Gasteiger partial charge in [0.05, 0.1) is 44.5 Å². The topological polar surface area (TPSA) is 77.1 Å². The van der Waals surface area contributed by atoms with Gasteiger partial charge in [0.1, 0.15) is 5.75 Å². The first-order chi connectivity index (χ1) is 14.0. The van der Waals surface area contributed by atoms with E-state index in [1.165, 1.54) is 12.0 Å². The second-order valence-electron chi connectivity index (χ2n) is 6.54. The number of hydrogen-bond donors (Lipinski definition) is 1. The molecule has 2 aromatic carbocycles. The summed E-state index contributed by atoms with van der Waals surface area (Å²) < 4.78 is 15.7. The van der Waals surface area contributed by atoms with E-state index in [-0.39, 0.29) is 18.2 Å². The molecule has 2 amide bonds. The Morgan fingerprint density at radius 3 is 2.34 bits per heavy atom. The average molecular weight is 419 g/mol. The summed E-state index contributed by atoms with van der Waals surface area (Å²) in [6.45, 7) is 0.538. The molecular formula is C21H23ClN2O5. The Balaban J connectivity index is 1.62. The normalized spacial score (nSPS) is 16.3. The van der Waals surface area contributed by atoms with Crippen molar-refractivity contribution in [2.75, 3.05) is 32.8 Å². The smallest absolute Gasteiger partial charge is 0.251 e. The van der Waals surface area contributed by atoms with E-state index < -0.39 is 6.04 Å². The largest absolute Gasteiger partial charge is 0.495 e. The Labute approximate surface area is 174 Å². The van der Waals surface area contributed by atoms with Gasteiger partial charge in [-0.15, -0.1) is 0 Å². The van der Waals surface area contributed by atoms with Gasteiger partial charge in [0.2, 0.25) is 5.91 Å². The van der Waals surface area contributed by atoms with E-state index in [0.29, 0.717) is 40.9 Å². The minimum absolute atomic E-state index is 0.106. The van der Waals surface area contributed by atoms with E-state index >= 15 is 0 Å². The third-order valence-electron chi connectivity index (χ3n) is 4.79. The van der Waals surface area contributed by atoms with Gasteiger partial charge in [-0.25, -0.2) is 4.90 Å². The standard InChI is InChI=1S/C21H23ClN2O5/c1-27-17-7-5-14(11-15(17)22)24-20(25)12-16(21(24)26)23-9-8-13-4-6-18(28-2)19(10-13)29-3/h4-7,10-11,16,23H,8-9,12H2,1-3H3/t16-/m1/s1. The number of carbonyl (C=O) groups is 2. The van der Waals surface area contributed by atoms with Crippen LogP contribution in [0.25, 0.3) is 0 Å². The molecule has 0 bridgehead atoms. The van der Waals surface area contributed by atoms with Crippen molar-refractivity contribution < 1.29 is 23.8 Å². The molecule has 0 spiro atoms. The van der Waals surface area contributed by atoms with Gasteiger partial charge in [-0.1, -0.05) is 17.7 Å². The monoisotopic (exact) mass is 418 g/mol. The summed E-state index contributed by atoms with van der Waals surface area (Å²) in [7, 11) is 4.68. The van der Waals surface area contributed by atoms with Gasteiger partial charge in [-0.05, 0) is 48.9 Å². The van der Waals surface area contributed by atoms with Crippen LogP contribution in [-0.2, 0) is 16.0 Å². The average Bonchev–Trinajstić information content (AvgIpc) is 3.01. The molecule has 0 saturated carbocycles. The highest BCUT2D eigenvalue weighted by Gasteiger charge is 2.39. The first-order valence-electron chi connectivity index (χ1n) is 9.13. The molecule has 29 heavy (non-hydrogen) atoms. The lowest BCUT2D eigenvalue weighted by Gasteiger charge is -2.17. The zero-order valence-electron chi connectivity index (χ0n) is 16.5. The number of hydrogen-bond acceptors (Lipinski definition) is 6. The van der Waals surface area contributed by atoms with Gasteiger partial charge in [0, 0.05) is 0 Å². The van der Waals surface area contributed by atoms with Crippen molar-refractivity contribution in [2.24, 2.45) is 0 Å². The van der Waals surface area contributed by atoms with E-state index in [0.717, 1.165) is 5.56 Å². The highest BCUT2D eigenvalue weighted by atomic mass is 35.5. The molecule has 7 nitrogen and oxygen atoms in total. The molecule has 1 aliphatic heterocycles. The van der Waals surface area contributed by atoms with E-state index in [2.05, 4.69) is 5.32 Å². The molecule has 1 atom stereocenters. The summed E-state index contributed by atoms with van der Waals surface area (Å²) in [6, 6.07) is 9.95. The van der Waals surface area contributed by atoms with Gasteiger partial charge < -0.3 is 19.5 Å². The molecule has 1 N–H and O–H groups in total. The molecule has 8 heteroatoms. The maximum absolute atomic E-state index is 12.7. The van der Waals surface area contributed by atoms with Crippen molar-refractivity contribution in [3.63, 3.8) is 0 Å². The van der Waals surface area contributed by atoms with Crippen molar-refractivity contribution >= 4 is 29.1 Å². The van der Waals surface area contributed by atoms with Gasteiger partial charge in [-0.2, -0.15) is 0 Å². The van der Waals surface area contributed by atoms with Crippen molar-refractivity contribution in [2.45, 2.75) is 18.9 Å². The summed E-state index contributed by atoms with van der Waals surface area (Å²) in [4.78, 5) is 26.3. The zero-order chi connectivity index (χ0) is 21.0. The van der Waals surface area contributed by atoms with E-state index in [1.807, 2.05) is 18.2 Å². The van der Waals surface area contributed by atoms with Crippen LogP contribution in [0.3, 0.4) is 0 Å². The van der Waals surface area contributed by atoms with Crippen molar-refractivity contribution in [3.05, 3.63) is 47.0 Å². The summed E-state index contributed by atoms with van der Waals surface area (Å²) >= 11 is 6.13. The molecule has 0 unspecified atom stereocenters. The SMILES string of the molecule is COc1ccc(N2C(=O)C[C@@H](NCCc3ccc(OC)c(OC)c3)C2=O)cc1Cl. The van der Waals surface area contributed by atoms with Crippen molar-refractivity contribution in [1.29, 1.82) is 0 Å². The third kappa shape index (κ3) is 4.46. The van der Waals surface area contributed by atoms with Crippen LogP contribution >= 0.6 is 11.6 Å². The number of imide groups is 1. The second-order valence-corrected chi connectivity index (χ2v) is 6.94. The highest BCUT2D eigenvalue weighted by Crippen LogP contribution is 2.32. The molecule has 1 fully saturated rings. The van der Waals surface area contributed by atoms with Crippen LogP contribution in [-0.4, -0.2) is 45.7 Å². The second kappa shape index (κ2) is 9.15. The molecule has 0 aromatic heterocycles. The maximum atomic E-state index is 12.7. The predicted molar refractivity (Wildman–Crippen MR) is 110 cm³/mol. The lowest BCUT2D eigenvalue weighted by molar-refractivity contribution is -0.121. The Bertz CT molecular complexity index is 918. The predicted octanol–water partition coefficient (Wildman–Crippen LogP) is 2.83. The Hall–Kier alpha value is -2.77. The Morgan fingerprint density at radius 1 is 1.00 bits per heavy atom. The summed E-state index contributed by atoms with van der Waals surface area (Å²) in [5.41, 5.74) is 1.47. The number of benzene rings is 2. The van der Waals surface area contributed by atoms with Gasteiger partial charge in [0.15, 0.2) is 11.5 Å². The summed E-state index contributed by atoms with van der Waals surface area (Å²) in [5.74, 6) is 1.25. The van der Waals surface area contributed by atoms with Gasteiger partial charge >= 0.3 is 0 Å². The van der Waals surface area contributed by atoms with Gasteiger partial charge in [-0.3, -0.25) is 9.59 Å². The molecule has 1 heterocycles. The number of anilines is 1. The van der Waals surface area contributed by atoms with E-state index in [1.54, 1.807) is 32.4 Å². The minimum atomic E-state index is -0.566. The fraction of sp³-hybridized carbons (Fsp3) is 0.333. The van der Waals surface area contributed by atoms with Gasteiger partial charge in [0.25, 0.3) is 5.91 Å². The molecule has 2 aromatic rings. The van der Waals surface area contributed by atoms with Crippen molar-refractivity contribution in [3.8, 4) is 17.2 Å². The number of nitrogens with zero attached hydrogens (tertiary/aromatic N) is 1. The maximum Gasteiger partial charge on any atom is 0.251 e. The molecule has 1 saturated heterocycles. The third-order valence-corrected chi connectivity index (χ3v) is 5.09. The van der Waals surface area contributed by atoms with Crippen LogP contribution in [0.5, 0.6) is 17.2 Å². The molecule has 0 radical (unpaired) electrons. The highest BCUT2D eigenvalue weighted by molar-refractivity contribution is 6.33. The Kier molecular flexibility index (Phi) is 6.61. The summed E-state index contributed by atoms with van der Waals surface area (Å²) in [5, 5.41) is 3.51. The first-order valence-corrected chi connectivity index (χ1v) is 9.51. The fourth-order valence-electron chi connectivity index (χ4n) is 3.28. The molecule has 154 valence electrons. The number of carbonyl (C=O) groups excluding carboxylic acids is 2. The quantitative estimate of drug-likeness (QED) is 0.664. The lowest BCUT2D eigenvalue weighted by atomic mass is 10.1. The lowest BCUT2D eigenvalue weighted by Crippen LogP contribution is -2.39. The van der Waals surface area contributed by atoms with Crippen LogP contribution in [0.4, 0.5) is 5.69 Å². The number of methoxy groups -OCH3 is 3. The number of nitrogens with one attached hydrogen (secondary N) is 1. The number of ether oxygens (including phenoxy) is 3. The molecule has 3 rings (SSSR count). The van der Waals surface area contributed by atoms with Crippen LogP contribution in [0.15, 0.2) is 36.4 Å². The molecular weight excluding hydrogens is 396 g/mol. The van der Waals surface area contributed by atoms with E-state index in [4.69, 9.17) is 25.8 Å². The van der Waals surface area contributed by atoms with Crippen LogP contribution in [0.2, 0.25) is 5.02 Å². The summed E-state index contributed by atoms with van der Waals surface area (Å²) in [6.07, 6.45) is 0.779.